The summed E-state index contributed by atoms with van der Waals surface area (Å²) in [7, 11) is 0. The van der Waals surface area contributed by atoms with Gasteiger partial charge in [-0.05, 0) is 44.9 Å². The van der Waals surface area contributed by atoms with Crippen molar-refractivity contribution < 1.29 is 89.4 Å². The summed E-state index contributed by atoms with van der Waals surface area (Å²) in [6.07, 6.45) is 13.8. The molecule has 0 bridgehead atoms. The van der Waals surface area contributed by atoms with Gasteiger partial charge in [0, 0.05) is 6.42 Å². The maximum atomic E-state index is 13.2. The van der Waals surface area contributed by atoms with E-state index in [1.165, 1.54) is 64.2 Å². The number of aliphatic hydroxyl groups is 11. The quantitative estimate of drug-likeness (QED) is 0.0315. The van der Waals surface area contributed by atoms with Crippen molar-refractivity contribution in [1.29, 1.82) is 0 Å². The standard InChI is InChI=1S/C54H93NO18/c1-3-5-7-9-11-13-15-17-18-20-21-23-25-27-29-31-38(59)37(55-42(60)32-30-28-26-24-22-19-16-14-12-10-8-6-4-2)36-68-52-48(66)45(63)50(40(34-57)70-52)73-54-49(67)46(64)51(41(35-58)71-54)72-53-47(65)44(62)43(61)39(33-56)69-53/h6,8,12,14,19,22,26,28-29,31,37-41,43-54,56-59,61-67H,3-5,7,9-11,13,15-18,20-21,23-25,27,30,32-36H2,1-2H3,(H,55,60)/b8-6-,14-12-,22-19-,28-26-,31-29+. The third-order valence-electron chi connectivity index (χ3n) is 13.3. The summed E-state index contributed by atoms with van der Waals surface area (Å²) in [6.45, 7) is 1.51. The number of hydrogen-bond acceptors (Lipinski definition) is 18. The number of unbranched alkanes of at least 4 members (excludes halogenated alkanes) is 13. The van der Waals surface area contributed by atoms with Crippen LogP contribution in [0.2, 0.25) is 0 Å². The molecule has 17 atom stereocenters. The molecule has 422 valence electrons. The molecule has 3 aliphatic rings. The Balaban J connectivity index is 1.57. The number of carbonyl (C=O) groups is 1. The van der Waals surface area contributed by atoms with Crippen LogP contribution in [0.3, 0.4) is 0 Å². The molecule has 0 aromatic heterocycles. The first-order valence-electron chi connectivity index (χ1n) is 27.0. The highest BCUT2D eigenvalue weighted by atomic mass is 16.8. The molecule has 0 radical (unpaired) electrons. The largest absolute Gasteiger partial charge is 0.394 e. The van der Waals surface area contributed by atoms with Crippen molar-refractivity contribution in [3.8, 4) is 0 Å². The van der Waals surface area contributed by atoms with E-state index >= 15 is 0 Å². The average molecular weight is 1040 g/mol. The number of carbonyl (C=O) groups excluding carboxylic acids is 1. The predicted molar refractivity (Wildman–Crippen MR) is 272 cm³/mol. The fourth-order valence-electron chi connectivity index (χ4n) is 8.85. The van der Waals surface area contributed by atoms with Crippen molar-refractivity contribution >= 4 is 5.91 Å². The molecular formula is C54H93NO18. The van der Waals surface area contributed by atoms with Crippen LogP contribution in [0.1, 0.15) is 142 Å². The van der Waals surface area contributed by atoms with E-state index in [1.807, 2.05) is 18.2 Å². The van der Waals surface area contributed by atoms with E-state index in [4.69, 9.17) is 28.4 Å². The molecule has 3 aliphatic heterocycles. The number of hydrogen-bond donors (Lipinski definition) is 12. The highest BCUT2D eigenvalue weighted by molar-refractivity contribution is 5.76. The third-order valence-corrected chi connectivity index (χ3v) is 13.3. The minimum Gasteiger partial charge on any atom is -0.394 e. The van der Waals surface area contributed by atoms with Gasteiger partial charge in [0.25, 0.3) is 0 Å². The van der Waals surface area contributed by atoms with Crippen molar-refractivity contribution in [2.24, 2.45) is 0 Å². The topological polar surface area (TPSA) is 307 Å². The number of rotatable bonds is 37. The van der Waals surface area contributed by atoms with E-state index in [1.54, 1.807) is 6.08 Å². The fraction of sp³-hybridized carbons (Fsp3) is 0.796. The zero-order valence-electron chi connectivity index (χ0n) is 43.3. The van der Waals surface area contributed by atoms with Crippen molar-refractivity contribution in [2.75, 3.05) is 26.4 Å². The van der Waals surface area contributed by atoms with Gasteiger partial charge in [-0.3, -0.25) is 4.79 Å². The first kappa shape index (κ1) is 64.8. The van der Waals surface area contributed by atoms with Gasteiger partial charge in [-0.2, -0.15) is 0 Å². The Morgan fingerprint density at radius 2 is 0.945 bits per heavy atom. The van der Waals surface area contributed by atoms with Gasteiger partial charge in [-0.25, -0.2) is 0 Å². The maximum Gasteiger partial charge on any atom is 0.220 e. The van der Waals surface area contributed by atoms with Crippen LogP contribution < -0.4 is 5.32 Å². The van der Waals surface area contributed by atoms with E-state index in [2.05, 4.69) is 55.6 Å². The van der Waals surface area contributed by atoms with E-state index in [-0.39, 0.29) is 18.9 Å². The van der Waals surface area contributed by atoms with Crippen LogP contribution in [0.25, 0.3) is 0 Å². The van der Waals surface area contributed by atoms with Gasteiger partial charge >= 0.3 is 0 Å². The molecule has 12 N–H and O–H groups in total. The molecule has 73 heavy (non-hydrogen) atoms. The summed E-state index contributed by atoms with van der Waals surface area (Å²) in [5.41, 5.74) is 0. The van der Waals surface area contributed by atoms with Gasteiger partial charge in [-0.1, -0.05) is 152 Å². The fourth-order valence-corrected chi connectivity index (χ4v) is 8.85. The normalized spacial score (nSPS) is 32.2. The maximum absolute atomic E-state index is 13.2. The minimum atomic E-state index is -1.98. The Labute approximate surface area is 433 Å². The minimum absolute atomic E-state index is 0.120. The Bertz CT molecular complexity index is 1580. The number of ether oxygens (including phenoxy) is 6. The van der Waals surface area contributed by atoms with Gasteiger partial charge in [0.2, 0.25) is 5.91 Å². The van der Waals surface area contributed by atoms with Gasteiger partial charge < -0.3 is 89.9 Å². The van der Waals surface area contributed by atoms with Crippen molar-refractivity contribution in [1.82, 2.24) is 5.32 Å². The molecule has 3 saturated heterocycles. The van der Waals surface area contributed by atoms with Crippen LogP contribution in [0.5, 0.6) is 0 Å². The van der Waals surface area contributed by atoms with Gasteiger partial charge in [-0.15, -0.1) is 0 Å². The Morgan fingerprint density at radius 1 is 0.507 bits per heavy atom. The molecule has 0 aromatic rings. The van der Waals surface area contributed by atoms with Crippen LogP contribution in [0.4, 0.5) is 0 Å². The summed E-state index contributed by atoms with van der Waals surface area (Å²) in [5.74, 6) is -0.359. The Morgan fingerprint density at radius 3 is 1.45 bits per heavy atom. The second-order valence-electron chi connectivity index (χ2n) is 19.3. The second kappa shape index (κ2) is 38.1. The number of allylic oxidation sites excluding steroid dienone is 9. The molecule has 1 amide bonds. The number of aliphatic hydroxyl groups excluding tert-OH is 11. The molecule has 19 heteroatoms. The van der Waals surface area contributed by atoms with Gasteiger partial charge in [0.1, 0.15) is 73.2 Å². The second-order valence-corrected chi connectivity index (χ2v) is 19.3. The van der Waals surface area contributed by atoms with E-state index < -0.39 is 124 Å². The molecule has 0 aliphatic carbocycles. The molecule has 0 saturated carbocycles. The molecule has 3 heterocycles. The number of amides is 1. The summed E-state index contributed by atoms with van der Waals surface area (Å²) in [5, 5.41) is 120. The van der Waals surface area contributed by atoms with Crippen molar-refractivity contribution in [3.63, 3.8) is 0 Å². The SMILES string of the molecule is CC/C=C\C/C=C\C/C=C\C/C=C\CCC(=O)NC(COC1OC(CO)C(OC2OC(CO)C(OC3OC(CO)C(O)C(O)C3O)C(O)C2O)C(O)C1O)C(O)/C=C/CCCCCCCCCCCCCCC. The van der Waals surface area contributed by atoms with Crippen LogP contribution in [0.15, 0.2) is 60.8 Å². The molecule has 0 spiro atoms. The Hall–Kier alpha value is -2.51. The monoisotopic (exact) mass is 1040 g/mol. The van der Waals surface area contributed by atoms with Crippen LogP contribution in [0, 0.1) is 0 Å². The first-order valence-corrected chi connectivity index (χ1v) is 27.0. The lowest BCUT2D eigenvalue weighted by Crippen LogP contribution is -2.66. The van der Waals surface area contributed by atoms with Crippen LogP contribution in [-0.4, -0.2) is 193 Å². The number of nitrogens with one attached hydrogen (secondary N) is 1. The van der Waals surface area contributed by atoms with Crippen LogP contribution >= 0.6 is 0 Å². The lowest BCUT2D eigenvalue weighted by Gasteiger charge is -2.48. The summed E-state index contributed by atoms with van der Waals surface area (Å²) in [6, 6.07) is -1.01. The lowest BCUT2D eigenvalue weighted by atomic mass is 9.96. The summed E-state index contributed by atoms with van der Waals surface area (Å²) < 4.78 is 34.1. The zero-order chi connectivity index (χ0) is 53.4. The molecular weight excluding hydrogens is 951 g/mol. The third kappa shape index (κ3) is 23.3. The highest BCUT2D eigenvalue weighted by Gasteiger charge is 2.53. The predicted octanol–water partition coefficient (Wildman–Crippen LogP) is 2.92. The zero-order valence-corrected chi connectivity index (χ0v) is 43.3. The molecule has 19 nitrogen and oxygen atoms in total. The van der Waals surface area contributed by atoms with Gasteiger partial charge in [0.05, 0.1) is 38.6 Å². The van der Waals surface area contributed by atoms with E-state index in [9.17, 15) is 61.0 Å². The summed E-state index contributed by atoms with van der Waals surface area (Å²) >= 11 is 0. The molecule has 0 aromatic carbocycles. The molecule has 3 fully saturated rings. The molecule has 3 rings (SSSR count). The Kier molecular flexibility index (Phi) is 33.8. The van der Waals surface area contributed by atoms with Crippen LogP contribution in [-0.2, 0) is 33.2 Å². The highest BCUT2D eigenvalue weighted by Crippen LogP contribution is 2.33. The lowest BCUT2D eigenvalue weighted by molar-refractivity contribution is -0.379. The average Bonchev–Trinajstić information content (AvgIpc) is 3.39. The smallest absolute Gasteiger partial charge is 0.220 e. The van der Waals surface area contributed by atoms with Crippen molar-refractivity contribution in [3.05, 3.63) is 60.8 Å². The van der Waals surface area contributed by atoms with Crippen molar-refractivity contribution in [2.45, 2.75) is 247 Å². The van der Waals surface area contributed by atoms with E-state index in [0.717, 1.165) is 44.9 Å². The van der Waals surface area contributed by atoms with E-state index in [0.29, 0.717) is 12.8 Å². The van der Waals surface area contributed by atoms with Gasteiger partial charge in [0.15, 0.2) is 18.9 Å². The summed E-state index contributed by atoms with van der Waals surface area (Å²) in [4.78, 5) is 13.2. The first-order chi connectivity index (χ1) is 35.3. The molecule has 17 unspecified atom stereocenters.